The molecule has 1 unspecified atom stereocenters. The lowest BCUT2D eigenvalue weighted by Crippen LogP contribution is -2.29. The van der Waals surface area contributed by atoms with Crippen LogP contribution in [0.2, 0.25) is 0 Å². The number of nitrogens with zero attached hydrogens (tertiary/aromatic N) is 1. The van der Waals surface area contributed by atoms with Crippen LogP contribution in [0.15, 0.2) is 41.1 Å². The molecule has 0 bridgehead atoms. The van der Waals surface area contributed by atoms with E-state index in [2.05, 4.69) is 10.3 Å². The molecule has 1 atom stereocenters. The number of hydrogen-bond donors (Lipinski definition) is 2. The summed E-state index contributed by atoms with van der Waals surface area (Å²) < 4.78 is 5.05. The number of amides is 1. The van der Waals surface area contributed by atoms with Gasteiger partial charge in [0.15, 0.2) is 6.39 Å². The molecule has 2 N–H and O–H groups in total. The van der Waals surface area contributed by atoms with Crippen LogP contribution in [0.3, 0.4) is 0 Å². The van der Waals surface area contributed by atoms with E-state index >= 15 is 0 Å². The second-order valence-electron chi connectivity index (χ2n) is 4.64. The Labute approximate surface area is 121 Å². The highest BCUT2D eigenvalue weighted by Gasteiger charge is 2.20. The van der Waals surface area contributed by atoms with E-state index in [9.17, 15) is 9.59 Å². The SMILES string of the molecule is Cc1ncoc1C(=O)NC(CCC(=O)O)c1ccccc1. The maximum Gasteiger partial charge on any atom is 0.303 e. The van der Waals surface area contributed by atoms with E-state index < -0.39 is 11.9 Å². The molecule has 0 saturated heterocycles. The maximum atomic E-state index is 12.2. The number of aliphatic carboxylic acids is 1. The number of benzene rings is 1. The Morgan fingerprint density at radius 2 is 2.05 bits per heavy atom. The summed E-state index contributed by atoms with van der Waals surface area (Å²) in [6.07, 6.45) is 1.48. The summed E-state index contributed by atoms with van der Waals surface area (Å²) in [5.41, 5.74) is 1.35. The molecule has 0 spiro atoms. The van der Waals surface area contributed by atoms with Crippen LogP contribution < -0.4 is 5.32 Å². The zero-order chi connectivity index (χ0) is 15.2. The van der Waals surface area contributed by atoms with E-state index in [0.29, 0.717) is 12.1 Å². The molecule has 1 aromatic carbocycles. The van der Waals surface area contributed by atoms with Gasteiger partial charge >= 0.3 is 5.97 Å². The Morgan fingerprint density at radius 1 is 1.33 bits per heavy atom. The summed E-state index contributed by atoms with van der Waals surface area (Å²) in [5.74, 6) is -1.16. The van der Waals surface area contributed by atoms with Gasteiger partial charge in [0.2, 0.25) is 5.76 Å². The highest BCUT2D eigenvalue weighted by Crippen LogP contribution is 2.19. The van der Waals surface area contributed by atoms with Gasteiger partial charge in [0, 0.05) is 6.42 Å². The fourth-order valence-corrected chi connectivity index (χ4v) is 2.02. The normalized spacial score (nSPS) is 11.9. The molecule has 1 amide bonds. The molecule has 110 valence electrons. The first-order chi connectivity index (χ1) is 10.1. The number of rotatable bonds is 6. The zero-order valence-corrected chi connectivity index (χ0v) is 11.6. The third kappa shape index (κ3) is 3.92. The first-order valence-corrected chi connectivity index (χ1v) is 6.55. The molecular weight excluding hydrogens is 272 g/mol. The second kappa shape index (κ2) is 6.69. The van der Waals surface area contributed by atoms with Crippen LogP contribution in [-0.4, -0.2) is 22.0 Å². The number of nitrogens with one attached hydrogen (secondary N) is 1. The molecule has 6 heteroatoms. The Hall–Kier alpha value is -2.63. The Kier molecular flexibility index (Phi) is 4.71. The third-order valence-corrected chi connectivity index (χ3v) is 3.11. The minimum Gasteiger partial charge on any atom is -0.481 e. The van der Waals surface area contributed by atoms with Crippen molar-refractivity contribution in [3.63, 3.8) is 0 Å². The number of carboxylic acids is 1. The summed E-state index contributed by atoms with van der Waals surface area (Å²) in [4.78, 5) is 26.8. The molecule has 21 heavy (non-hydrogen) atoms. The van der Waals surface area contributed by atoms with Gasteiger partial charge in [-0.3, -0.25) is 9.59 Å². The molecule has 0 aliphatic rings. The molecule has 1 aromatic heterocycles. The van der Waals surface area contributed by atoms with Gasteiger partial charge in [-0.15, -0.1) is 0 Å². The monoisotopic (exact) mass is 288 g/mol. The first kappa shape index (κ1) is 14.8. The summed E-state index contributed by atoms with van der Waals surface area (Å²) in [5, 5.41) is 11.6. The van der Waals surface area contributed by atoms with E-state index in [0.717, 1.165) is 5.56 Å². The zero-order valence-electron chi connectivity index (χ0n) is 11.6. The maximum absolute atomic E-state index is 12.2. The fraction of sp³-hybridized carbons (Fsp3) is 0.267. The molecule has 0 aliphatic carbocycles. The predicted molar refractivity (Wildman–Crippen MR) is 74.8 cm³/mol. The van der Waals surface area contributed by atoms with Crippen molar-refractivity contribution in [1.82, 2.24) is 10.3 Å². The minimum absolute atomic E-state index is 0.0325. The lowest BCUT2D eigenvalue weighted by molar-refractivity contribution is -0.137. The topological polar surface area (TPSA) is 92.4 Å². The second-order valence-corrected chi connectivity index (χ2v) is 4.64. The van der Waals surface area contributed by atoms with Crippen LogP contribution in [-0.2, 0) is 4.79 Å². The molecule has 0 saturated carbocycles. The fourth-order valence-electron chi connectivity index (χ4n) is 2.02. The van der Waals surface area contributed by atoms with E-state index in [1.807, 2.05) is 30.3 Å². The van der Waals surface area contributed by atoms with Crippen LogP contribution in [0, 0.1) is 6.92 Å². The summed E-state index contributed by atoms with van der Waals surface area (Å²) >= 11 is 0. The number of aryl methyl sites for hydroxylation is 1. The van der Waals surface area contributed by atoms with Crippen molar-refractivity contribution >= 4 is 11.9 Å². The summed E-state index contributed by atoms with van der Waals surface area (Å²) in [6, 6.07) is 8.85. The van der Waals surface area contributed by atoms with Crippen LogP contribution >= 0.6 is 0 Å². The first-order valence-electron chi connectivity index (χ1n) is 6.55. The van der Waals surface area contributed by atoms with Crippen molar-refractivity contribution in [2.24, 2.45) is 0 Å². The molecule has 2 rings (SSSR count). The average molecular weight is 288 g/mol. The van der Waals surface area contributed by atoms with Gasteiger partial charge in [0.1, 0.15) is 0 Å². The van der Waals surface area contributed by atoms with Crippen LogP contribution in [0.25, 0.3) is 0 Å². The Morgan fingerprint density at radius 3 is 2.62 bits per heavy atom. The Bertz CT molecular complexity index is 622. The van der Waals surface area contributed by atoms with Gasteiger partial charge < -0.3 is 14.8 Å². The lowest BCUT2D eigenvalue weighted by Gasteiger charge is -2.18. The average Bonchev–Trinajstić information content (AvgIpc) is 2.90. The number of oxazole rings is 1. The van der Waals surface area contributed by atoms with Crippen molar-refractivity contribution < 1.29 is 19.1 Å². The molecular formula is C15H16N2O4. The van der Waals surface area contributed by atoms with Crippen molar-refractivity contribution in [3.8, 4) is 0 Å². The number of carbonyl (C=O) groups excluding carboxylic acids is 1. The molecule has 0 fully saturated rings. The summed E-state index contributed by atoms with van der Waals surface area (Å²) in [6.45, 7) is 1.67. The van der Waals surface area contributed by atoms with E-state index in [1.54, 1.807) is 6.92 Å². The molecule has 0 aliphatic heterocycles. The highest BCUT2D eigenvalue weighted by molar-refractivity contribution is 5.92. The van der Waals surface area contributed by atoms with Crippen LogP contribution in [0.5, 0.6) is 0 Å². The molecule has 1 heterocycles. The number of carbonyl (C=O) groups is 2. The number of aromatic nitrogens is 1. The van der Waals surface area contributed by atoms with Gasteiger partial charge in [0.05, 0.1) is 11.7 Å². The van der Waals surface area contributed by atoms with E-state index in [4.69, 9.17) is 9.52 Å². The predicted octanol–water partition coefficient (Wildman–Crippen LogP) is 2.32. The lowest BCUT2D eigenvalue weighted by atomic mass is 10.0. The molecule has 6 nitrogen and oxygen atoms in total. The van der Waals surface area contributed by atoms with E-state index in [1.165, 1.54) is 6.39 Å². The van der Waals surface area contributed by atoms with Crippen molar-refractivity contribution in [3.05, 3.63) is 53.7 Å². The number of carboxylic acid groups (broad SMARTS) is 1. The smallest absolute Gasteiger partial charge is 0.303 e. The van der Waals surface area contributed by atoms with Gasteiger partial charge in [-0.2, -0.15) is 0 Å². The standard InChI is InChI=1S/C15H16N2O4/c1-10-14(21-9-16-10)15(20)17-12(7-8-13(18)19)11-5-3-2-4-6-11/h2-6,9,12H,7-8H2,1H3,(H,17,20)(H,18,19). The molecule has 2 aromatic rings. The van der Waals surface area contributed by atoms with Gasteiger partial charge in [0.25, 0.3) is 5.91 Å². The molecule has 0 radical (unpaired) electrons. The number of hydrogen-bond acceptors (Lipinski definition) is 4. The van der Waals surface area contributed by atoms with E-state index in [-0.39, 0.29) is 18.2 Å². The van der Waals surface area contributed by atoms with Gasteiger partial charge in [-0.25, -0.2) is 4.98 Å². The third-order valence-electron chi connectivity index (χ3n) is 3.11. The summed E-state index contributed by atoms with van der Waals surface area (Å²) in [7, 11) is 0. The van der Waals surface area contributed by atoms with Crippen molar-refractivity contribution in [1.29, 1.82) is 0 Å². The van der Waals surface area contributed by atoms with Crippen molar-refractivity contribution in [2.45, 2.75) is 25.8 Å². The Balaban J connectivity index is 2.14. The largest absolute Gasteiger partial charge is 0.481 e. The highest BCUT2D eigenvalue weighted by atomic mass is 16.4. The van der Waals surface area contributed by atoms with Gasteiger partial charge in [-0.1, -0.05) is 30.3 Å². The quantitative estimate of drug-likeness (QED) is 0.851. The minimum atomic E-state index is -0.902. The van der Waals surface area contributed by atoms with Crippen LogP contribution in [0.1, 0.15) is 40.7 Å². The van der Waals surface area contributed by atoms with Gasteiger partial charge in [-0.05, 0) is 18.9 Å². The van der Waals surface area contributed by atoms with Crippen molar-refractivity contribution in [2.75, 3.05) is 0 Å². The van der Waals surface area contributed by atoms with Crippen LogP contribution in [0.4, 0.5) is 0 Å².